The monoisotopic (exact) mass is 222 g/mol. The summed E-state index contributed by atoms with van der Waals surface area (Å²) in [6.45, 7) is 0. The maximum Gasteiger partial charge on any atom is 0.229 e. The number of carbonyl (C=O) groups excluding carboxylic acids is 2. The second-order valence-electron chi connectivity index (χ2n) is 5.27. The number of imide groups is 1. The molecule has 0 aliphatic carbocycles. The molecule has 3 rings (SSSR count). The Labute approximate surface area is 95.4 Å². The van der Waals surface area contributed by atoms with Crippen LogP contribution in [0.2, 0.25) is 0 Å². The molecule has 0 radical (unpaired) electrons. The third kappa shape index (κ3) is 1.65. The molecule has 3 heterocycles. The fourth-order valence-corrected chi connectivity index (χ4v) is 3.42. The Morgan fingerprint density at radius 1 is 1.00 bits per heavy atom. The van der Waals surface area contributed by atoms with E-state index in [1.165, 1.54) is 12.8 Å². The Balaban J connectivity index is 1.76. The average molecular weight is 222 g/mol. The SMILES string of the molecule is O=C1CCCC(=O)N1C1CC2CCC(C1)N2. The van der Waals surface area contributed by atoms with E-state index in [4.69, 9.17) is 0 Å². The van der Waals surface area contributed by atoms with Crippen LogP contribution in [0.1, 0.15) is 44.9 Å². The number of amides is 2. The Kier molecular flexibility index (Phi) is 2.46. The zero-order valence-corrected chi connectivity index (χ0v) is 9.45. The van der Waals surface area contributed by atoms with Gasteiger partial charge in [0.25, 0.3) is 0 Å². The van der Waals surface area contributed by atoms with Crippen molar-refractivity contribution in [1.82, 2.24) is 10.2 Å². The van der Waals surface area contributed by atoms with E-state index in [-0.39, 0.29) is 17.9 Å². The lowest BCUT2D eigenvalue weighted by Gasteiger charge is -2.38. The van der Waals surface area contributed by atoms with Crippen molar-refractivity contribution in [3.05, 3.63) is 0 Å². The number of hydrogen-bond acceptors (Lipinski definition) is 3. The quantitative estimate of drug-likeness (QED) is 0.668. The molecular formula is C12H18N2O2. The van der Waals surface area contributed by atoms with E-state index in [1.54, 1.807) is 4.90 Å². The van der Waals surface area contributed by atoms with Crippen LogP contribution in [0.15, 0.2) is 0 Å². The van der Waals surface area contributed by atoms with Crippen LogP contribution in [0.5, 0.6) is 0 Å². The van der Waals surface area contributed by atoms with Gasteiger partial charge in [0.05, 0.1) is 0 Å². The van der Waals surface area contributed by atoms with Crippen LogP contribution in [0.3, 0.4) is 0 Å². The highest BCUT2D eigenvalue weighted by Gasteiger charge is 2.40. The van der Waals surface area contributed by atoms with Crippen LogP contribution in [0.4, 0.5) is 0 Å². The zero-order valence-electron chi connectivity index (χ0n) is 9.45. The number of rotatable bonds is 1. The molecule has 0 aromatic carbocycles. The van der Waals surface area contributed by atoms with Gasteiger partial charge in [0, 0.05) is 31.0 Å². The third-order valence-electron chi connectivity index (χ3n) is 4.13. The summed E-state index contributed by atoms with van der Waals surface area (Å²) in [5.41, 5.74) is 0. The molecular weight excluding hydrogens is 204 g/mol. The first-order chi connectivity index (χ1) is 7.74. The van der Waals surface area contributed by atoms with Gasteiger partial charge in [0.2, 0.25) is 11.8 Å². The summed E-state index contributed by atoms with van der Waals surface area (Å²) in [5.74, 6) is 0.116. The largest absolute Gasteiger partial charge is 0.311 e. The summed E-state index contributed by atoms with van der Waals surface area (Å²) in [7, 11) is 0. The van der Waals surface area contributed by atoms with Crippen molar-refractivity contribution < 1.29 is 9.59 Å². The number of hydrogen-bond donors (Lipinski definition) is 1. The van der Waals surface area contributed by atoms with Crippen molar-refractivity contribution in [2.75, 3.05) is 0 Å². The number of likely N-dealkylation sites (tertiary alicyclic amines) is 1. The molecule has 0 spiro atoms. The van der Waals surface area contributed by atoms with Gasteiger partial charge in [0.15, 0.2) is 0 Å². The van der Waals surface area contributed by atoms with Crippen LogP contribution < -0.4 is 5.32 Å². The minimum atomic E-state index is 0.0579. The number of fused-ring (bicyclic) bond motifs is 2. The minimum absolute atomic E-state index is 0.0579. The average Bonchev–Trinajstić information content (AvgIpc) is 2.58. The topological polar surface area (TPSA) is 49.4 Å². The summed E-state index contributed by atoms with van der Waals surface area (Å²) >= 11 is 0. The fraction of sp³-hybridized carbons (Fsp3) is 0.833. The van der Waals surface area contributed by atoms with Crippen LogP contribution in [-0.2, 0) is 9.59 Å². The van der Waals surface area contributed by atoms with Gasteiger partial charge < -0.3 is 5.32 Å². The van der Waals surface area contributed by atoms with E-state index in [1.807, 2.05) is 0 Å². The van der Waals surface area contributed by atoms with Gasteiger partial charge >= 0.3 is 0 Å². The van der Waals surface area contributed by atoms with Crippen molar-refractivity contribution in [2.45, 2.75) is 63.1 Å². The molecule has 16 heavy (non-hydrogen) atoms. The van der Waals surface area contributed by atoms with E-state index in [9.17, 15) is 9.59 Å². The molecule has 0 saturated carbocycles. The second kappa shape index (κ2) is 3.84. The van der Waals surface area contributed by atoms with Crippen molar-refractivity contribution in [3.8, 4) is 0 Å². The van der Waals surface area contributed by atoms with E-state index < -0.39 is 0 Å². The fourth-order valence-electron chi connectivity index (χ4n) is 3.42. The predicted molar refractivity (Wildman–Crippen MR) is 58.7 cm³/mol. The molecule has 3 aliphatic heterocycles. The molecule has 2 amide bonds. The summed E-state index contributed by atoms with van der Waals surface area (Å²) in [6.07, 6.45) is 6.21. The van der Waals surface area contributed by atoms with Gasteiger partial charge in [0.1, 0.15) is 0 Å². The van der Waals surface area contributed by atoms with Crippen LogP contribution in [0, 0.1) is 0 Å². The normalized spacial score (nSPS) is 39.2. The maximum absolute atomic E-state index is 11.8. The molecule has 3 saturated heterocycles. The smallest absolute Gasteiger partial charge is 0.229 e. The molecule has 2 bridgehead atoms. The van der Waals surface area contributed by atoms with E-state index in [2.05, 4.69) is 5.32 Å². The zero-order chi connectivity index (χ0) is 11.1. The van der Waals surface area contributed by atoms with Crippen molar-refractivity contribution >= 4 is 11.8 Å². The highest BCUT2D eigenvalue weighted by Crippen LogP contribution is 2.31. The van der Waals surface area contributed by atoms with E-state index in [0.29, 0.717) is 24.9 Å². The summed E-state index contributed by atoms with van der Waals surface area (Å²) < 4.78 is 0. The van der Waals surface area contributed by atoms with E-state index in [0.717, 1.165) is 19.3 Å². The van der Waals surface area contributed by atoms with Crippen LogP contribution in [-0.4, -0.2) is 34.8 Å². The lowest BCUT2D eigenvalue weighted by atomic mass is 9.95. The lowest BCUT2D eigenvalue weighted by Crippen LogP contribution is -2.53. The van der Waals surface area contributed by atoms with E-state index >= 15 is 0 Å². The molecule has 3 fully saturated rings. The van der Waals surface area contributed by atoms with Gasteiger partial charge in [-0.2, -0.15) is 0 Å². The predicted octanol–water partition coefficient (Wildman–Crippen LogP) is 0.808. The molecule has 2 unspecified atom stereocenters. The molecule has 88 valence electrons. The lowest BCUT2D eigenvalue weighted by molar-refractivity contribution is -0.151. The molecule has 4 heteroatoms. The van der Waals surface area contributed by atoms with Crippen molar-refractivity contribution in [3.63, 3.8) is 0 Å². The second-order valence-corrected chi connectivity index (χ2v) is 5.27. The minimum Gasteiger partial charge on any atom is -0.311 e. The van der Waals surface area contributed by atoms with Crippen LogP contribution >= 0.6 is 0 Å². The van der Waals surface area contributed by atoms with Gasteiger partial charge in [-0.05, 0) is 32.1 Å². The van der Waals surface area contributed by atoms with Gasteiger partial charge in [-0.3, -0.25) is 14.5 Å². The number of carbonyl (C=O) groups is 2. The Morgan fingerprint density at radius 2 is 1.56 bits per heavy atom. The number of piperidine rings is 2. The molecule has 3 aliphatic rings. The molecule has 2 atom stereocenters. The van der Waals surface area contributed by atoms with Crippen molar-refractivity contribution in [1.29, 1.82) is 0 Å². The number of nitrogens with zero attached hydrogens (tertiary/aromatic N) is 1. The Morgan fingerprint density at radius 3 is 2.12 bits per heavy atom. The molecule has 0 aromatic heterocycles. The Hall–Kier alpha value is -0.900. The highest BCUT2D eigenvalue weighted by molar-refractivity contribution is 5.97. The van der Waals surface area contributed by atoms with Gasteiger partial charge in [-0.1, -0.05) is 0 Å². The maximum atomic E-state index is 11.8. The Bertz CT molecular complexity index is 301. The van der Waals surface area contributed by atoms with Crippen LogP contribution in [0.25, 0.3) is 0 Å². The first-order valence-electron chi connectivity index (χ1n) is 6.35. The first kappa shape index (κ1) is 10.3. The first-order valence-corrected chi connectivity index (χ1v) is 6.35. The summed E-state index contributed by atoms with van der Waals surface area (Å²) in [6, 6.07) is 1.25. The standard InChI is InChI=1S/C12H18N2O2/c15-11-2-1-3-12(16)14(11)10-6-8-4-5-9(7-10)13-8/h8-10,13H,1-7H2. The van der Waals surface area contributed by atoms with Crippen molar-refractivity contribution in [2.24, 2.45) is 0 Å². The third-order valence-corrected chi connectivity index (χ3v) is 4.13. The summed E-state index contributed by atoms with van der Waals surface area (Å²) in [5, 5.41) is 3.54. The van der Waals surface area contributed by atoms with Gasteiger partial charge in [-0.25, -0.2) is 0 Å². The highest BCUT2D eigenvalue weighted by atomic mass is 16.2. The summed E-state index contributed by atoms with van der Waals surface area (Å²) in [4.78, 5) is 25.2. The molecule has 4 nitrogen and oxygen atoms in total. The molecule has 0 aromatic rings. The number of nitrogens with one attached hydrogen (secondary N) is 1. The van der Waals surface area contributed by atoms with Gasteiger partial charge in [-0.15, -0.1) is 0 Å². The molecule has 1 N–H and O–H groups in total.